The summed E-state index contributed by atoms with van der Waals surface area (Å²) in [6.45, 7) is 2.26. The predicted octanol–water partition coefficient (Wildman–Crippen LogP) is 2.21. The van der Waals surface area contributed by atoms with Crippen LogP contribution in [0.15, 0.2) is 18.2 Å². The molecule has 0 aliphatic rings. The molecular weight excluding hydrogens is 198 g/mol. The molecule has 0 fully saturated rings. The number of nitrogens with one attached hydrogen (secondary N) is 1. The summed E-state index contributed by atoms with van der Waals surface area (Å²) in [6, 6.07) is 5.79. The Bertz CT molecular complexity index is 351. The average Bonchev–Trinajstić information content (AvgIpc) is 2.22. The summed E-state index contributed by atoms with van der Waals surface area (Å²) in [7, 11) is 0. The van der Waals surface area contributed by atoms with Gasteiger partial charge < -0.3 is 5.32 Å². The van der Waals surface area contributed by atoms with Gasteiger partial charge >= 0.3 is 0 Å². The standard InChI is InChI=1S/C11H12F2N2/c1-8(5-14)6-15-7-9-10(12)3-2-4-11(9)13/h2-4,8,15H,6-7H2,1H3. The molecular formula is C11H12F2N2. The molecule has 15 heavy (non-hydrogen) atoms. The Hall–Kier alpha value is -1.47. The second-order valence-electron chi connectivity index (χ2n) is 3.36. The van der Waals surface area contributed by atoms with E-state index < -0.39 is 11.6 Å². The molecule has 1 N–H and O–H groups in total. The molecule has 0 heterocycles. The van der Waals surface area contributed by atoms with Crippen molar-refractivity contribution in [3.05, 3.63) is 35.4 Å². The van der Waals surface area contributed by atoms with Crippen LogP contribution in [-0.2, 0) is 6.54 Å². The maximum absolute atomic E-state index is 13.1. The monoisotopic (exact) mass is 210 g/mol. The maximum Gasteiger partial charge on any atom is 0.130 e. The van der Waals surface area contributed by atoms with Crippen molar-refractivity contribution >= 4 is 0 Å². The molecule has 0 saturated carbocycles. The lowest BCUT2D eigenvalue weighted by Gasteiger charge is -2.07. The van der Waals surface area contributed by atoms with E-state index in [2.05, 4.69) is 5.32 Å². The molecule has 0 spiro atoms. The normalized spacial score (nSPS) is 12.1. The van der Waals surface area contributed by atoms with Gasteiger partial charge in [-0.3, -0.25) is 0 Å². The fraction of sp³-hybridized carbons (Fsp3) is 0.364. The highest BCUT2D eigenvalue weighted by Gasteiger charge is 2.07. The lowest BCUT2D eigenvalue weighted by atomic mass is 10.1. The first-order valence-electron chi connectivity index (χ1n) is 4.68. The minimum atomic E-state index is -0.563. The Kier molecular flexibility index (Phi) is 4.19. The highest BCUT2D eigenvalue weighted by molar-refractivity contribution is 5.19. The summed E-state index contributed by atoms with van der Waals surface area (Å²) in [5.74, 6) is -1.29. The molecule has 0 aliphatic heterocycles. The Balaban J connectivity index is 2.55. The summed E-state index contributed by atoms with van der Waals surface area (Å²) in [6.07, 6.45) is 0. The molecule has 0 amide bonds. The Labute approximate surface area is 87.5 Å². The van der Waals surface area contributed by atoms with E-state index in [0.29, 0.717) is 6.54 Å². The predicted molar refractivity (Wildman–Crippen MR) is 52.8 cm³/mol. The smallest absolute Gasteiger partial charge is 0.130 e. The van der Waals surface area contributed by atoms with Crippen LogP contribution >= 0.6 is 0 Å². The van der Waals surface area contributed by atoms with Crippen LogP contribution in [0.25, 0.3) is 0 Å². The first-order valence-corrected chi connectivity index (χ1v) is 4.68. The van der Waals surface area contributed by atoms with Gasteiger partial charge in [0.15, 0.2) is 0 Å². The summed E-state index contributed by atoms with van der Waals surface area (Å²) in [5, 5.41) is 11.3. The van der Waals surface area contributed by atoms with E-state index in [1.54, 1.807) is 6.92 Å². The second kappa shape index (κ2) is 5.42. The fourth-order valence-corrected chi connectivity index (χ4v) is 1.16. The highest BCUT2D eigenvalue weighted by Crippen LogP contribution is 2.11. The quantitative estimate of drug-likeness (QED) is 0.827. The van der Waals surface area contributed by atoms with Gasteiger partial charge in [-0.05, 0) is 19.1 Å². The Morgan fingerprint density at radius 1 is 1.40 bits per heavy atom. The molecule has 1 rings (SSSR count). The van der Waals surface area contributed by atoms with Crippen LogP contribution in [0.1, 0.15) is 12.5 Å². The van der Waals surface area contributed by atoms with Crippen LogP contribution in [0.3, 0.4) is 0 Å². The lowest BCUT2D eigenvalue weighted by molar-refractivity contribution is 0.523. The van der Waals surface area contributed by atoms with Gasteiger partial charge in [-0.25, -0.2) is 8.78 Å². The van der Waals surface area contributed by atoms with Crippen molar-refractivity contribution < 1.29 is 8.78 Å². The Morgan fingerprint density at radius 2 is 2.00 bits per heavy atom. The van der Waals surface area contributed by atoms with E-state index >= 15 is 0 Å². The van der Waals surface area contributed by atoms with Gasteiger partial charge in [0.1, 0.15) is 11.6 Å². The second-order valence-corrected chi connectivity index (χ2v) is 3.36. The van der Waals surface area contributed by atoms with Crippen LogP contribution in [-0.4, -0.2) is 6.54 Å². The Morgan fingerprint density at radius 3 is 2.53 bits per heavy atom. The van der Waals surface area contributed by atoms with Gasteiger partial charge in [-0.1, -0.05) is 6.07 Å². The zero-order valence-electron chi connectivity index (χ0n) is 8.43. The van der Waals surface area contributed by atoms with Crippen molar-refractivity contribution in [2.75, 3.05) is 6.54 Å². The van der Waals surface area contributed by atoms with E-state index in [1.807, 2.05) is 6.07 Å². The maximum atomic E-state index is 13.1. The molecule has 0 aliphatic carbocycles. The molecule has 1 atom stereocenters. The van der Waals surface area contributed by atoms with E-state index in [9.17, 15) is 8.78 Å². The van der Waals surface area contributed by atoms with Crippen molar-refractivity contribution in [2.45, 2.75) is 13.5 Å². The molecule has 1 aromatic carbocycles. The number of nitrogens with zero attached hydrogens (tertiary/aromatic N) is 1. The topological polar surface area (TPSA) is 35.8 Å². The van der Waals surface area contributed by atoms with Crippen LogP contribution < -0.4 is 5.32 Å². The third-order valence-electron chi connectivity index (χ3n) is 2.03. The summed E-state index contributed by atoms with van der Waals surface area (Å²) < 4.78 is 26.2. The number of halogens is 2. The number of nitriles is 1. The van der Waals surface area contributed by atoms with Crippen molar-refractivity contribution in [3.8, 4) is 6.07 Å². The van der Waals surface area contributed by atoms with E-state index in [4.69, 9.17) is 5.26 Å². The van der Waals surface area contributed by atoms with Gasteiger partial charge in [-0.15, -0.1) is 0 Å². The highest BCUT2D eigenvalue weighted by atomic mass is 19.1. The lowest BCUT2D eigenvalue weighted by Crippen LogP contribution is -2.21. The molecule has 80 valence electrons. The fourth-order valence-electron chi connectivity index (χ4n) is 1.16. The third-order valence-corrected chi connectivity index (χ3v) is 2.03. The summed E-state index contributed by atoms with van der Waals surface area (Å²) >= 11 is 0. The van der Waals surface area contributed by atoms with Crippen molar-refractivity contribution in [3.63, 3.8) is 0 Å². The van der Waals surface area contributed by atoms with E-state index in [1.165, 1.54) is 18.2 Å². The third kappa shape index (κ3) is 3.30. The van der Waals surface area contributed by atoms with Crippen molar-refractivity contribution in [1.29, 1.82) is 5.26 Å². The minimum absolute atomic E-state index is 0.0163. The van der Waals surface area contributed by atoms with Gasteiger partial charge in [0.05, 0.1) is 12.0 Å². The van der Waals surface area contributed by atoms with Gasteiger partial charge in [-0.2, -0.15) is 5.26 Å². The zero-order chi connectivity index (χ0) is 11.3. The van der Waals surface area contributed by atoms with Gasteiger partial charge in [0, 0.05) is 18.7 Å². The van der Waals surface area contributed by atoms with E-state index in [-0.39, 0.29) is 18.0 Å². The zero-order valence-corrected chi connectivity index (χ0v) is 8.43. The SMILES string of the molecule is CC(C#N)CNCc1c(F)cccc1F. The molecule has 1 aromatic rings. The van der Waals surface area contributed by atoms with Crippen molar-refractivity contribution in [2.24, 2.45) is 5.92 Å². The first-order chi connectivity index (χ1) is 7.15. The summed E-state index contributed by atoms with van der Waals surface area (Å²) in [4.78, 5) is 0. The minimum Gasteiger partial charge on any atom is -0.311 e. The molecule has 0 radical (unpaired) electrons. The van der Waals surface area contributed by atoms with Gasteiger partial charge in [0.2, 0.25) is 0 Å². The molecule has 4 heteroatoms. The van der Waals surface area contributed by atoms with Crippen LogP contribution in [0.4, 0.5) is 8.78 Å². The molecule has 0 bridgehead atoms. The molecule has 0 saturated heterocycles. The first kappa shape index (κ1) is 11.6. The van der Waals surface area contributed by atoms with E-state index in [0.717, 1.165) is 0 Å². The molecule has 2 nitrogen and oxygen atoms in total. The number of benzene rings is 1. The van der Waals surface area contributed by atoms with Crippen LogP contribution in [0, 0.1) is 28.9 Å². The molecule has 1 unspecified atom stereocenters. The molecule has 0 aromatic heterocycles. The number of hydrogen-bond acceptors (Lipinski definition) is 2. The largest absolute Gasteiger partial charge is 0.311 e. The number of rotatable bonds is 4. The summed E-state index contributed by atoms with van der Waals surface area (Å²) in [5.41, 5.74) is 0.0163. The van der Waals surface area contributed by atoms with Gasteiger partial charge in [0.25, 0.3) is 0 Å². The van der Waals surface area contributed by atoms with Crippen LogP contribution in [0.2, 0.25) is 0 Å². The average molecular weight is 210 g/mol. The van der Waals surface area contributed by atoms with Crippen LogP contribution in [0.5, 0.6) is 0 Å². The number of hydrogen-bond donors (Lipinski definition) is 1. The van der Waals surface area contributed by atoms with Crippen molar-refractivity contribution in [1.82, 2.24) is 5.32 Å².